The van der Waals surface area contributed by atoms with Crippen molar-refractivity contribution in [1.29, 1.82) is 0 Å². The number of benzene rings is 1. The molecule has 0 spiro atoms. The smallest absolute Gasteiger partial charge is 0.325 e. The van der Waals surface area contributed by atoms with Crippen LogP contribution >= 0.6 is 22.6 Å². The second-order valence-electron chi connectivity index (χ2n) is 4.26. The van der Waals surface area contributed by atoms with Gasteiger partial charge in [-0.25, -0.2) is 0 Å². The first-order valence-electron chi connectivity index (χ1n) is 6.45. The van der Waals surface area contributed by atoms with Gasteiger partial charge in [0.2, 0.25) is 0 Å². The van der Waals surface area contributed by atoms with Crippen LogP contribution in [0.25, 0.3) is 0 Å². The van der Waals surface area contributed by atoms with Crippen molar-refractivity contribution < 1.29 is 23.6 Å². The molecule has 1 aromatic heterocycles. The van der Waals surface area contributed by atoms with Gasteiger partial charge >= 0.3 is 5.97 Å². The average Bonchev–Trinajstić information content (AvgIpc) is 3.04. The highest BCUT2D eigenvalue weighted by atomic mass is 127. The van der Waals surface area contributed by atoms with Gasteiger partial charge in [0.1, 0.15) is 12.8 Å². The van der Waals surface area contributed by atoms with Crippen LogP contribution in [0.5, 0.6) is 0 Å². The molecule has 0 fully saturated rings. The van der Waals surface area contributed by atoms with Crippen molar-refractivity contribution >= 4 is 46.2 Å². The molecule has 1 heterocycles. The number of halogens is 1. The fraction of sp³-hybridized carbons (Fsp3) is 0.143. The van der Waals surface area contributed by atoms with E-state index in [0.717, 1.165) is 3.57 Å². The highest BCUT2D eigenvalue weighted by Gasteiger charge is 2.13. The molecule has 2 N–H and O–H groups in total. The van der Waals surface area contributed by atoms with Crippen molar-refractivity contribution in [3.63, 3.8) is 0 Å². The lowest BCUT2D eigenvalue weighted by molar-refractivity contribution is -0.146. The van der Waals surface area contributed by atoms with Gasteiger partial charge in [-0.2, -0.15) is 0 Å². The number of hydrogen-bond donors (Lipinski definition) is 2. The minimum atomic E-state index is -0.723. The number of rotatable bonds is 6. The summed E-state index contributed by atoms with van der Waals surface area (Å²) in [5.74, 6) is -1.45. The molecule has 0 unspecified atom stereocenters. The molecule has 0 radical (unpaired) electrons. The standard InChI is InChI=1S/C14H12IN3O5/c15-10-4-2-1-3-9(10)14(21)16-7-13(20)22-8-12(19)17-11-5-6-23-18-11/h1-6H,7-8H2,(H,16,21)(H,17,18,19). The summed E-state index contributed by atoms with van der Waals surface area (Å²) < 4.78 is 10.0. The third-order valence-electron chi connectivity index (χ3n) is 2.58. The van der Waals surface area contributed by atoms with Gasteiger partial charge in [-0.05, 0) is 34.7 Å². The van der Waals surface area contributed by atoms with E-state index in [1.807, 2.05) is 22.6 Å². The molecular weight excluding hydrogens is 417 g/mol. The van der Waals surface area contributed by atoms with Gasteiger partial charge in [0.05, 0.1) is 5.56 Å². The third-order valence-corrected chi connectivity index (χ3v) is 3.52. The van der Waals surface area contributed by atoms with Gasteiger partial charge in [0, 0.05) is 9.64 Å². The van der Waals surface area contributed by atoms with Crippen LogP contribution in [0.4, 0.5) is 5.82 Å². The summed E-state index contributed by atoms with van der Waals surface area (Å²) >= 11 is 2.02. The molecule has 0 atom stereocenters. The van der Waals surface area contributed by atoms with E-state index in [4.69, 9.17) is 4.74 Å². The van der Waals surface area contributed by atoms with Gasteiger partial charge < -0.3 is 19.9 Å². The summed E-state index contributed by atoms with van der Waals surface area (Å²) in [7, 11) is 0. The molecule has 2 amide bonds. The summed E-state index contributed by atoms with van der Waals surface area (Å²) in [6.45, 7) is -0.814. The Kier molecular flexibility index (Phi) is 6.09. The second-order valence-corrected chi connectivity index (χ2v) is 5.42. The van der Waals surface area contributed by atoms with Crippen LogP contribution in [0.1, 0.15) is 10.4 Å². The van der Waals surface area contributed by atoms with Crippen LogP contribution in [0.2, 0.25) is 0 Å². The highest BCUT2D eigenvalue weighted by Crippen LogP contribution is 2.10. The average molecular weight is 429 g/mol. The normalized spacial score (nSPS) is 9.96. The van der Waals surface area contributed by atoms with Crippen molar-refractivity contribution in [1.82, 2.24) is 10.5 Å². The molecule has 0 saturated heterocycles. The van der Waals surface area contributed by atoms with Gasteiger partial charge in [0.15, 0.2) is 12.4 Å². The first-order chi connectivity index (χ1) is 11.1. The second kappa shape index (κ2) is 8.27. The summed E-state index contributed by atoms with van der Waals surface area (Å²) in [6.07, 6.45) is 1.29. The Morgan fingerprint density at radius 2 is 2.00 bits per heavy atom. The Hall–Kier alpha value is -2.43. The van der Waals surface area contributed by atoms with Crippen molar-refractivity contribution in [2.75, 3.05) is 18.5 Å². The lowest BCUT2D eigenvalue weighted by Gasteiger charge is -2.07. The predicted molar refractivity (Wildman–Crippen MR) is 87.6 cm³/mol. The minimum absolute atomic E-state index is 0.220. The number of hydrogen-bond acceptors (Lipinski definition) is 6. The molecule has 0 aliphatic rings. The maximum absolute atomic E-state index is 11.9. The van der Waals surface area contributed by atoms with Gasteiger partial charge in [0.25, 0.3) is 11.8 Å². The van der Waals surface area contributed by atoms with E-state index in [2.05, 4.69) is 20.3 Å². The third kappa shape index (κ3) is 5.36. The largest absolute Gasteiger partial charge is 0.454 e. The van der Waals surface area contributed by atoms with E-state index in [0.29, 0.717) is 5.56 Å². The Morgan fingerprint density at radius 3 is 2.70 bits per heavy atom. The molecular formula is C14H12IN3O5. The molecule has 23 heavy (non-hydrogen) atoms. The number of carbonyl (C=O) groups excluding carboxylic acids is 3. The number of anilines is 1. The predicted octanol–water partition coefficient (Wildman–Crippen LogP) is 1.19. The molecule has 2 aromatic rings. The number of nitrogens with one attached hydrogen (secondary N) is 2. The number of carbonyl (C=O) groups is 3. The van der Waals surface area contributed by atoms with E-state index in [-0.39, 0.29) is 18.3 Å². The molecule has 0 aliphatic carbocycles. The number of amides is 2. The number of aromatic nitrogens is 1. The van der Waals surface area contributed by atoms with Crippen LogP contribution in [-0.4, -0.2) is 36.1 Å². The lowest BCUT2D eigenvalue weighted by atomic mass is 10.2. The Morgan fingerprint density at radius 1 is 1.22 bits per heavy atom. The Balaban J connectivity index is 1.72. The van der Waals surface area contributed by atoms with E-state index in [1.165, 1.54) is 12.3 Å². The van der Waals surface area contributed by atoms with Crippen molar-refractivity contribution in [3.8, 4) is 0 Å². The van der Waals surface area contributed by atoms with Gasteiger partial charge in [-0.15, -0.1) is 0 Å². The van der Waals surface area contributed by atoms with Crippen LogP contribution in [-0.2, 0) is 14.3 Å². The molecule has 0 bridgehead atoms. The quantitative estimate of drug-likeness (QED) is 0.528. The number of ether oxygens (including phenoxy) is 1. The zero-order valence-electron chi connectivity index (χ0n) is 11.7. The number of esters is 1. The number of nitrogens with zero attached hydrogens (tertiary/aromatic N) is 1. The van der Waals surface area contributed by atoms with Crippen molar-refractivity contribution in [2.45, 2.75) is 0 Å². The Bertz CT molecular complexity index is 702. The molecule has 8 nitrogen and oxygen atoms in total. The molecule has 1 aromatic carbocycles. The van der Waals surface area contributed by atoms with Gasteiger partial charge in [-0.3, -0.25) is 14.4 Å². The maximum atomic E-state index is 11.9. The summed E-state index contributed by atoms with van der Waals surface area (Å²) in [5.41, 5.74) is 0.463. The van der Waals surface area contributed by atoms with Crippen molar-refractivity contribution in [3.05, 3.63) is 45.7 Å². The van der Waals surface area contributed by atoms with Crippen LogP contribution in [0.15, 0.2) is 41.1 Å². The summed E-state index contributed by atoms with van der Waals surface area (Å²) in [5, 5.41) is 8.28. The molecule has 0 saturated carbocycles. The topological polar surface area (TPSA) is 111 Å². The lowest BCUT2D eigenvalue weighted by Crippen LogP contribution is -2.32. The van der Waals surface area contributed by atoms with Crippen LogP contribution in [0.3, 0.4) is 0 Å². The summed E-state index contributed by atoms with van der Waals surface area (Å²) in [6, 6.07) is 8.40. The fourth-order valence-corrected chi connectivity index (χ4v) is 2.18. The molecule has 0 aliphatic heterocycles. The SMILES string of the molecule is O=C(COC(=O)CNC(=O)c1ccccc1I)Nc1ccon1. The minimum Gasteiger partial charge on any atom is -0.454 e. The fourth-order valence-electron chi connectivity index (χ4n) is 1.55. The van der Waals surface area contributed by atoms with E-state index < -0.39 is 18.5 Å². The van der Waals surface area contributed by atoms with Gasteiger partial charge in [-0.1, -0.05) is 17.3 Å². The molecule has 9 heteroatoms. The van der Waals surface area contributed by atoms with Crippen LogP contribution < -0.4 is 10.6 Å². The van der Waals surface area contributed by atoms with Crippen molar-refractivity contribution in [2.24, 2.45) is 0 Å². The molecule has 2 rings (SSSR count). The van der Waals surface area contributed by atoms with E-state index in [1.54, 1.807) is 24.3 Å². The van der Waals surface area contributed by atoms with E-state index >= 15 is 0 Å². The highest BCUT2D eigenvalue weighted by molar-refractivity contribution is 14.1. The monoisotopic (exact) mass is 429 g/mol. The molecule has 120 valence electrons. The van der Waals surface area contributed by atoms with Crippen LogP contribution in [0, 0.1) is 3.57 Å². The first kappa shape index (κ1) is 16.9. The zero-order valence-corrected chi connectivity index (χ0v) is 13.9. The summed E-state index contributed by atoms with van der Waals surface area (Å²) in [4.78, 5) is 34.9. The van der Waals surface area contributed by atoms with E-state index in [9.17, 15) is 14.4 Å². The first-order valence-corrected chi connectivity index (χ1v) is 7.52. The zero-order chi connectivity index (χ0) is 16.7. The maximum Gasteiger partial charge on any atom is 0.325 e. The Labute approximate surface area is 144 Å².